The number of hydrogen-bond donors (Lipinski definition) is 0. The van der Waals surface area contributed by atoms with Gasteiger partial charge in [0.05, 0.1) is 0 Å². The highest BCUT2D eigenvalue weighted by Crippen LogP contribution is 2.20. The second-order valence-corrected chi connectivity index (χ2v) is 6.59. The van der Waals surface area contributed by atoms with E-state index in [2.05, 4.69) is 72.0 Å². The molecule has 0 saturated carbocycles. The summed E-state index contributed by atoms with van der Waals surface area (Å²) in [6, 6.07) is 18.7. The van der Waals surface area contributed by atoms with Gasteiger partial charge in [-0.3, -0.25) is 4.98 Å². The molecule has 0 radical (unpaired) electrons. The summed E-state index contributed by atoms with van der Waals surface area (Å²) in [4.78, 5) is 4.26. The molecule has 1 heterocycles. The molecule has 3 aromatic rings. The molecular formula is C23H28BrN. The van der Waals surface area contributed by atoms with Gasteiger partial charge in [-0.2, -0.15) is 0 Å². The summed E-state index contributed by atoms with van der Waals surface area (Å²) in [6.45, 7) is 12.4. The Balaban J connectivity index is 0.000000235. The van der Waals surface area contributed by atoms with Gasteiger partial charge >= 0.3 is 0 Å². The fourth-order valence-electron chi connectivity index (χ4n) is 2.19. The lowest BCUT2D eigenvalue weighted by Crippen LogP contribution is -1.83. The SMILES string of the molecule is CC.Cc1cc(C)c(Br)cc1C.Cc1ccc(-c2ccccc2)cn1. The van der Waals surface area contributed by atoms with Crippen molar-refractivity contribution in [1.29, 1.82) is 0 Å². The van der Waals surface area contributed by atoms with Crippen molar-refractivity contribution in [2.24, 2.45) is 0 Å². The maximum Gasteiger partial charge on any atom is 0.0373 e. The fraction of sp³-hybridized carbons (Fsp3) is 0.261. The highest BCUT2D eigenvalue weighted by Gasteiger charge is 1.97. The van der Waals surface area contributed by atoms with Gasteiger partial charge in [0.1, 0.15) is 0 Å². The van der Waals surface area contributed by atoms with Crippen LogP contribution in [0.15, 0.2) is 65.3 Å². The van der Waals surface area contributed by atoms with E-state index in [-0.39, 0.29) is 0 Å². The molecule has 1 nitrogen and oxygen atoms in total. The Kier molecular flexibility index (Phi) is 9.15. The Morgan fingerprint density at radius 3 is 1.80 bits per heavy atom. The zero-order chi connectivity index (χ0) is 18.8. The average Bonchev–Trinajstić information content (AvgIpc) is 2.64. The zero-order valence-electron chi connectivity index (χ0n) is 16.1. The molecule has 2 aromatic carbocycles. The van der Waals surface area contributed by atoms with E-state index >= 15 is 0 Å². The van der Waals surface area contributed by atoms with Crippen molar-refractivity contribution in [3.63, 3.8) is 0 Å². The van der Waals surface area contributed by atoms with Gasteiger partial charge in [0, 0.05) is 21.9 Å². The summed E-state index contributed by atoms with van der Waals surface area (Å²) in [6.07, 6.45) is 1.91. The smallest absolute Gasteiger partial charge is 0.0373 e. The topological polar surface area (TPSA) is 12.9 Å². The standard InChI is InChI=1S/C12H11N.C9H11Br.C2H6/c1-10-7-8-12(9-13-10)11-5-3-2-4-6-11;1-6-4-8(3)9(10)5-7(6)2;1-2/h2-9H,1H3;4-5H,1-3H3;1-2H3. The summed E-state index contributed by atoms with van der Waals surface area (Å²) < 4.78 is 1.20. The van der Waals surface area contributed by atoms with E-state index in [1.807, 2.05) is 51.2 Å². The number of pyridine rings is 1. The normalized spacial score (nSPS) is 9.40. The van der Waals surface area contributed by atoms with E-state index in [0.717, 1.165) is 5.69 Å². The first-order valence-corrected chi connectivity index (χ1v) is 9.48. The van der Waals surface area contributed by atoms with Crippen molar-refractivity contribution in [1.82, 2.24) is 4.98 Å². The first kappa shape index (κ1) is 21.1. The second-order valence-electron chi connectivity index (χ2n) is 5.74. The Hall–Kier alpha value is -1.93. The molecule has 3 rings (SSSR count). The lowest BCUT2D eigenvalue weighted by Gasteiger charge is -2.02. The number of hydrogen-bond acceptors (Lipinski definition) is 1. The van der Waals surface area contributed by atoms with Gasteiger partial charge in [0.15, 0.2) is 0 Å². The maximum atomic E-state index is 4.26. The van der Waals surface area contributed by atoms with Gasteiger partial charge in [-0.05, 0) is 62.1 Å². The molecular weight excluding hydrogens is 370 g/mol. The number of nitrogens with zero attached hydrogens (tertiary/aromatic N) is 1. The van der Waals surface area contributed by atoms with Gasteiger partial charge in [-0.25, -0.2) is 0 Å². The number of halogens is 1. The molecule has 0 aliphatic heterocycles. The van der Waals surface area contributed by atoms with Crippen molar-refractivity contribution in [3.05, 3.63) is 87.7 Å². The van der Waals surface area contributed by atoms with Crippen LogP contribution in [-0.4, -0.2) is 4.98 Å². The molecule has 0 atom stereocenters. The minimum atomic E-state index is 1.06. The molecule has 1 aromatic heterocycles. The number of aromatic nitrogens is 1. The molecule has 0 saturated heterocycles. The molecule has 0 spiro atoms. The largest absolute Gasteiger partial charge is 0.261 e. The third-order valence-corrected chi connectivity index (χ3v) is 4.65. The van der Waals surface area contributed by atoms with E-state index < -0.39 is 0 Å². The third-order valence-electron chi connectivity index (χ3n) is 3.79. The predicted molar refractivity (Wildman–Crippen MR) is 114 cm³/mol. The van der Waals surface area contributed by atoms with E-state index in [4.69, 9.17) is 0 Å². The van der Waals surface area contributed by atoms with Crippen LogP contribution in [0.25, 0.3) is 11.1 Å². The summed E-state index contributed by atoms with van der Waals surface area (Å²) >= 11 is 3.48. The predicted octanol–water partition coefficient (Wildman–Crippen LogP) is 7.46. The molecule has 0 bridgehead atoms. The summed E-state index contributed by atoms with van der Waals surface area (Å²) in [5, 5.41) is 0. The molecule has 2 heteroatoms. The molecule has 0 unspecified atom stereocenters. The van der Waals surface area contributed by atoms with Crippen LogP contribution < -0.4 is 0 Å². The molecule has 25 heavy (non-hydrogen) atoms. The third kappa shape index (κ3) is 6.83. The minimum absolute atomic E-state index is 1.06. The van der Waals surface area contributed by atoms with E-state index in [0.29, 0.717) is 0 Å². The minimum Gasteiger partial charge on any atom is -0.261 e. The van der Waals surface area contributed by atoms with Crippen LogP contribution in [0.1, 0.15) is 36.2 Å². The van der Waals surface area contributed by atoms with Gasteiger partial charge in [-0.15, -0.1) is 0 Å². The van der Waals surface area contributed by atoms with Crippen LogP contribution in [0.5, 0.6) is 0 Å². The van der Waals surface area contributed by atoms with Crippen LogP contribution >= 0.6 is 15.9 Å². The summed E-state index contributed by atoms with van der Waals surface area (Å²) in [7, 11) is 0. The van der Waals surface area contributed by atoms with Crippen LogP contribution in [0.2, 0.25) is 0 Å². The Labute approximate surface area is 161 Å². The Morgan fingerprint density at radius 2 is 1.28 bits per heavy atom. The van der Waals surface area contributed by atoms with Crippen molar-refractivity contribution in [2.45, 2.75) is 41.5 Å². The second kappa shape index (κ2) is 10.8. The lowest BCUT2D eigenvalue weighted by atomic mass is 10.1. The fourth-order valence-corrected chi connectivity index (χ4v) is 2.65. The van der Waals surface area contributed by atoms with E-state index in [1.165, 1.54) is 32.3 Å². The summed E-state index contributed by atoms with van der Waals surface area (Å²) in [5.41, 5.74) is 7.46. The van der Waals surface area contributed by atoms with Crippen LogP contribution in [0.4, 0.5) is 0 Å². The monoisotopic (exact) mass is 397 g/mol. The van der Waals surface area contributed by atoms with Crippen molar-refractivity contribution < 1.29 is 0 Å². The van der Waals surface area contributed by atoms with Gasteiger partial charge in [0.2, 0.25) is 0 Å². The van der Waals surface area contributed by atoms with Crippen molar-refractivity contribution in [2.75, 3.05) is 0 Å². The number of aryl methyl sites for hydroxylation is 4. The highest BCUT2D eigenvalue weighted by molar-refractivity contribution is 9.10. The van der Waals surface area contributed by atoms with Crippen LogP contribution in [0, 0.1) is 27.7 Å². The van der Waals surface area contributed by atoms with Crippen LogP contribution in [-0.2, 0) is 0 Å². The van der Waals surface area contributed by atoms with Crippen LogP contribution in [0.3, 0.4) is 0 Å². The average molecular weight is 398 g/mol. The first-order chi connectivity index (χ1) is 12.0. The quantitative estimate of drug-likeness (QED) is 0.415. The Morgan fingerprint density at radius 1 is 0.680 bits per heavy atom. The molecule has 0 amide bonds. The molecule has 0 aliphatic rings. The summed E-state index contributed by atoms with van der Waals surface area (Å²) in [5.74, 6) is 0. The lowest BCUT2D eigenvalue weighted by molar-refractivity contribution is 1.20. The molecule has 0 N–H and O–H groups in total. The van der Waals surface area contributed by atoms with Crippen molar-refractivity contribution in [3.8, 4) is 11.1 Å². The van der Waals surface area contributed by atoms with Gasteiger partial charge in [-0.1, -0.05) is 72.2 Å². The molecule has 0 fully saturated rings. The van der Waals surface area contributed by atoms with Gasteiger partial charge < -0.3 is 0 Å². The Bertz CT molecular complexity index is 712. The van der Waals surface area contributed by atoms with Gasteiger partial charge in [0.25, 0.3) is 0 Å². The van der Waals surface area contributed by atoms with E-state index in [1.54, 1.807) is 0 Å². The first-order valence-electron chi connectivity index (χ1n) is 8.69. The maximum absolute atomic E-state index is 4.26. The number of benzene rings is 2. The number of rotatable bonds is 1. The highest BCUT2D eigenvalue weighted by atomic mass is 79.9. The molecule has 132 valence electrons. The molecule has 0 aliphatic carbocycles. The van der Waals surface area contributed by atoms with E-state index in [9.17, 15) is 0 Å². The zero-order valence-corrected chi connectivity index (χ0v) is 17.7. The van der Waals surface area contributed by atoms with Crippen molar-refractivity contribution >= 4 is 15.9 Å².